The van der Waals surface area contributed by atoms with Crippen LogP contribution < -0.4 is 5.73 Å². The van der Waals surface area contributed by atoms with Gasteiger partial charge in [0.25, 0.3) is 0 Å². The highest BCUT2D eigenvalue weighted by atomic mass is 16.4. The minimum absolute atomic E-state index is 0.130. The van der Waals surface area contributed by atoms with Gasteiger partial charge >= 0.3 is 5.97 Å². The highest BCUT2D eigenvalue weighted by Crippen LogP contribution is 2.20. The number of amides is 1. The van der Waals surface area contributed by atoms with E-state index in [4.69, 9.17) is 10.8 Å². The zero-order chi connectivity index (χ0) is 12.8. The van der Waals surface area contributed by atoms with Crippen LogP contribution in [0.5, 0.6) is 0 Å². The lowest BCUT2D eigenvalue weighted by molar-refractivity contribution is -0.138. The molecular formula is C12H22N2O3. The topological polar surface area (TPSA) is 83.6 Å². The van der Waals surface area contributed by atoms with Crippen LogP contribution in [0.2, 0.25) is 0 Å². The van der Waals surface area contributed by atoms with Crippen molar-refractivity contribution in [3.8, 4) is 0 Å². The van der Waals surface area contributed by atoms with E-state index in [1.165, 1.54) is 0 Å². The second-order valence-corrected chi connectivity index (χ2v) is 4.96. The lowest BCUT2D eigenvalue weighted by atomic mass is 10.1. The van der Waals surface area contributed by atoms with E-state index in [2.05, 4.69) is 0 Å². The van der Waals surface area contributed by atoms with Gasteiger partial charge in [0.2, 0.25) is 5.91 Å². The minimum atomic E-state index is -0.777. The maximum atomic E-state index is 11.8. The first-order chi connectivity index (χ1) is 7.99. The summed E-state index contributed by atoms with van der Waals surface area (Å²) in [5.41, 5.74) is 5.62. The molecule has 0 aromatic carbocycles. The largest absolute Gasteiger partial charge is 0.481 e. The van der Waals surface area contributed by atoms with Gasteiger partial charge in [-0.25, -0.2) is 0 Å². The van der Waals surface area contributed by atoms with Gasteiger partial charge in [-0.15, -0.1) is 0 Å². The third kappa shape index (κ3) is 5.17. The average molecular weight is 242 g/mol. The van der Waals surface area contributed by atoms with Crippen molar-refractivity contribution < 1.29 is 14.7 Å². The van der Waals surface area contributed by atoms with Crippen LogP contribution in [0.25, 0.3) is 0 Å². The number of carbonyl (C=O) groups excluding carboxylic acids is 1. The standard InChI is InChI=1S/C12H22N2O3/c1-9(13)3-2-4-11(15)14-6-5-10(8-14)7-12(16)17/h9-10H,2-8,13H2,1H3,(H,16,17). The maximum absolute atomic E-state index is 11.8. The summed E-state index contributed by atoms with van der Waals surface area (Å²) in [4.78, 5) is 24.1. The Morgan fingerprint density at radius 3 is 2.82 bits per heavy atom. The fraction of sp³-hybridized carbons (Fsp3) is 0.833. The van der Waals surface area contributed by atoms with Crippen LogP contribution in [0.15, 0.2) is 0 Å². The first kappa shape index (κ1) is 14.0. The van der Waals surface area contributed by atoms with Gasteiger partial charge in [0.1, 0.15) is 0 Å². The molecule has 1 amide bonds. The zero-order valence-electron chi connectivity index (χ0n) is 10.4. The Morgan fingerprint density at radius 2 is 2.24 bits per heavy atom. The monoisotopic (exact) mass is 242 g/mol. The molecule has 1 rings (SSSR count). The van der Waals surface area contributed by atoms with Gasteiger partial charge in [-0.2, -0.15) is 0 Å². The predicted molar refractivity (Wildman–Crippen MR) is 64.4 cm³/mol. The van der Waals surface area contributed by atoms with Crippen molar-refractivity contribution in [2.75, 3.05) is 13.1 Å². The van der Waals surface area contributed by atoms with E-state index in [1.807, 2.05) is 6.92 Å². The van der Waals surface area contributed by atoms with Gasteiger partial charge in [0.05, 0.1) is 0 Å². The van der Waals surface area contributed by atoms with Crippen LogP contribution in [-0.2, 0) is 9.59 Å². The number of rotatable bonds is 6. The highest BCUT2D eigenvalue weighted by Gasteiger charge is 2.27. The van der Waals surface area contributed by atoms with Crippen molar-refractivity contribution >= 4 is 11.9 Å². The van der Waals surface area contributed by atoms with Crippen molar-refractivity contribution in [1.82, 2.24) is 4.90 Å². The summed E-state index contributed by atoms with van der Waals surface area (Å²) in [7, 11) is 0. The molecule has 2 atom stereocenters. The Kier molecular flexibility index (Phi) is 5.41. The summed E-state index contributed by atoms with van der Waals surface area (Å²) >= 11 is 0. The Bertz CT molecular complexity index is 279. The van der Waals surface area contributed by atoms with Crippen LogP contribution in [0, 0.1) is 5.92 Å². The summed E-state index contributed by atoms with van der Waals surface area (Å²) in [6.45, 7) is 3.24. The van der Waals surface area contributed by atoms with Crippen LogP contribution >= 0.6 is 0 Å². The number of hydrogen-bond donors (Lipinski definition) is 2. The summed E-state index contributed by atoms with van der Waals surface area (Å²) in [5.74, 6) is -0.510. The smallest absolute Gasteiger partial charge is 0.303 e. The molecule has 1 fully saturated rings. The highest BCUT2D eigenvalue weighted by molar-refractivity contribution is 5.76. The van der Waals surface area contributed by atoms with E-state index in [0.29, 0.717) is 19.5 Å². The minimum Gasteiger partial charge on any atom is -0.481 e. The fourth-order valence-electron chi connectivity index (χ4n) is 2.21. The van der Waals surface area contributed by atoms with Gasteiger partial charge in [-0.3, -0.25) is 9.59 Å². The first-order valence-corrected chi connectivity index (χ1v) is 6.24. The Balaban J connectivity index is 2.23. The van der Waals surface area contributed by atoms with Gasteiger partial charge < -0.3 is 15.7 Å². The summed E-state index contributed by atoms with van der Waals surface area (Å²) in [6.07, 6.45) is 3.19. The number of carboxylic acid groups (broad SMARTS) is 1. The van der Waals surface area contributed by atoms with E-state index < -0.39 is 5.97 Å². The van der Waals surface area contributed by atoms with Crippen LogP contribution in [0.3, 0.4) is 0 Å². The quantitative estimate of drug-likeness (QED) is 0.722. The molecule has 0 radical (unpaired) electrons. The molecule has 5 heteroatoms. The summed E-state index contributed by atoms with van der Waals surface area (Å²) < 4.78 is 0. The number of likely N-dealkylation sites (tertiary alicyclic amines) is 1. The fourth-order valence-corrected chi connectivity index (χ4v) is 2.21. The van der Waals surface area contributed by atoms with E-state index >= 15 is 0 Å². The molecule has 2 unspecified atom stereocenters. The molecule has 17 heavy (non-hydrogen) atoms. The van der Waals surface area contributed by atoms with Crippen molar-refractivity contribution in [3.05, 3.63) is 0 Å². The summed E-state index contributed by atoms with van der Waals surface area (Å²) in [6, 6.07) is 0.140. The lowest BCUT2D eigenvalue weighted by Gasteiger charge is -2.16. The number of hydrogen-bond acceptors (Lipinski definition) is 3. The molecule has 0 aromatic rings. The van der Waals surface area contributed by atoms with Crippen LogP contribution in [0.4, 0.5) is 0 Å². The SMILES string of the molecule is CC(N)CCCC(=O)N1CCC(CC(=O)O)C1. The Hall–Kier alpha value is -1.10. The molecule has 1 saturated heterocycles. The normalized spacial score (nSPS) is 21.5. The molecule has 0 aromatic heterocycles. The number of aliphatic carboxylic acids is 1. The van der Waals surface area contributed by atoms with Gasteiger partial charge in [0, 0.05) is 32.0 Å². The molecular weight excluding hydrogens is 220 g/mol. The molecule has 5 nitrogen and oxygen atoms in total. The molecule has 0 spiro atoms. The van der Waals surface area contributed by atoms with Crippen molar-refractivity contribution in [2.45, 2.75) is 45.1 Å². The number of nitrogens with zero attached hydrogens (tertiary/aromatic N) is 1. The average Bonchev–Trinajstić information content (AvgIpc) is 2.64. The number of carboxylic acids is 1. The molecule has 1 aliphatic heterocycles. The molecule has 0 saturated carbocycles. The number of carbonyl (C=O) groups is 2. The zero-order valence-corrected chi connectivity index (χ0v) is 10.4. The Labute approximate surface area is 102 Å². The molecule has 1 aliphatic rings. The lowest BCUT2D eigenvalue weighted by Crippen LogP contribution is -2.29. The first-order valence-electron chi connectivity index (χ1n) is 6.24. The Morgan fingerprint density at radius 1 is 1.53 bits per heavy atom. The van der Waals surface area contributed by atoms with E-state index in [1.54, 1.807) is 4.90 Å². The van der Waals surface area contributed by atoms with Gasteiger partial charge in [0.15, 0.2) is 0 Å². The molecule has 3 N–H and O–H groups in total. The van der Waals surface area contributed by atoms with E-state index in [-0.39, 0.29) is 24.3 Å². The predicted octanol–water partition coefficient (Wildman–Crippen LogP) is 0.827. The van der Waals surface area contributed by atoms with E-state index in [9.17, 15) is 9.59 Å². The van der Waals surface area contributed by atoms with Crippen molar-refractivity contribution in [2.24, 2.45) is 11.7 Å². The van der Waals surface area contributed by atoms with Crippen LogP contribution in [-0.4, -0.2) is 41.0 Å². The molecule has 1 heterocycles. The maximum Gasteiger partial charge on any atom is 0.303 e. The number of nitrogens with two attached hydrogens (primary N) is 1. The second kappa shape index (κ2) is 6.59. The van der Waals surface area contributed by atoms with Crippen LogP contribution in [0.1, 0.15) is 39.0 Å². The third-order valence-corrected chi connectivity index (χ3v) is 3.15. The third-order valence-electron chi connectivity index (χ3n) is 3.15. The second-order valence-electron chi connectivity index (χ2n) is 4.96. The van der Waals surface area contributed by atoms with Crippen molar-refractivity contribution in [1.29, 1.82) is 0 Å². The van der Waals surface area contributed by atoms with Gasteiger partial charge in [-0.1, -0.05) is 0 Å². The van der Waals surface area contributed by atoms with E-state index in [0.717, 1.165) is 19.3 Å². The van der Waals surface area contributed by atoms with Crippen molar-refractivity contribution in [3.63, 3.8) is 0 Å². The summed E-state index contributed by atoms with van der Waals surface area (Å²) in [5, 5.41) is 8.68. The molecule has 98 valence electrons. The molecule has 0 aliphatic carbocycles. The molecule has 0 bridgehead atoms. The van der Waals surface area contributed by atoms with Gasteiger partial charge in [-0.05, 0) is 32.1 Å².